The molecule has 2 aromatic carbocycles. The van der Waals surface area contributed by atoms with E-state index in [1.165, 1.54) is 17.7 Å². The van der Waals surface area contributed by atoms with Crippen LogP contribution >= 0.6 is 0 Å². The second-order valence-electron chi connectivity index (χ2n) is 5.92. The van der Waals surface area contributed by atoms with Gasteiger partial charge in [0.25, 0.3) is 5.56 Å². The number of hydrogen-bond donors (Lipinski definition) is 1. The first-order valence-corrected chi connectivity index (χ1v) is 7.87. The van der Waals surface area contributed by atoms with Gasteiger partial charge in [0.2, 0.25) is 5.78 Å². The number of carbonyl (C=O) groups is 1. The Morgan fingerprint density at radius 2 is 1.73 bits per heavy atom. The number of fused-ring (bicyclic) bond motifs is 2. The van der Waals surface area contributed by atoms with Gasteiger partial charge in [-0.2, -0.15) is 0 Å². The number of ketones is 1. The number of pyridine rings is 1. The predicted molar refractivity (Wildman–Crippen MR) is 96.8 cm³/mol. The van der Waals surface area contributed by atoms with Gasteiger partial charge in [0, 0.05) is 17.8 Å². The molecule has 128 valence electrons. The number of benzene rings is 2. The Labute approximate surface area is 146 Å². The van der Waals surface area contributed by atoms with Gasteiger partial charge in [0.15, 0.2) is 0 Å². The zero-order chi connectivity index (χ0) is 18.4. The molecule has 0 unspecified atom stereocenters. The summed E-state index contributed by atoms with van der Waals surface area (Å²) in [5.74, 6) is -1.31. The standard InChI is InChI=1S/C20H13NO5/c1-21-14-8-4-3-7-12(14)17(22)16(19(21)24)18(23)13-10-11-6-2-5-9-15(11)26-20(13)25/h2-10,22H,1H3. The van der Waals surface area contributed by atoms with E-state index >= 15 is 0 Å². The van der Waals surface area contributed by atoms with Gasteiger partial charge in [-0.1, -0.05) is 30.3 Å². The maximum absolute atomic E-state index is 12.9. The Kier molecular flexibility index (Phi) is 3.47. The van der Waals surface area contributed by atoms with E-state index in [1.807, 2.05) is 0 Å². The molecule has 2 aromatic heterocycles. The van der Waals surface area contributed by atoms with Gasteiger partial charge in [-0.15, -0.1) is 0 Å². The zero-order valence-electron chi connectivity index (χ0n) is 13.7. The largest absolute Gasteiger partial charge is 0.506 e. The average molecular weight is 347 g/mol. The molecule has 0 atom stereocenters. The van der Waals surface area contributed by atoms with Gasteiger partial charge in [-0.25, -0.2) is 4.79 Å². The first-order valence-electron chi connectivity index (χ1n) is 7.87. The van der Waals surface area contributed by atoms with Crippen molar-refractivity contribution in [2.45, 2.75) is 0 Å². The third-order valence-corrected chi connectivity index (χ3v) is 4.39. The van der Waals surface area contributed by atoms with Crippen LogP contribution in [0.4, 0.5) is 0 Å². The van der Waals surface area contributed by atoms with Gasteiger partial charge in [-0.3, -0.25) is 9.59 Å². The number of hydrogen-bond acceptors (Lipinski definition) is 5. The highest BCUT2D eigenvalue weighted by Gasteiger charge is 2.25. The second kappa shape index (κ2) is 5.70. The van der Waals surface area contributed by atoms with Crippen LogP contribution in [0.5, 0.6) is 5.75 Å². The number of para-hydroxylation sites is 2. The molecular weight excluding hydrogens is 334 g/mol. The number of rotatable bonds is 2. The van der Waals surface area contributed by atoms with E-state index in [9.17, 15) is 19.5 Å². The lowest BCUT2D eigenvalue weighted by Gasteiger charge is -2.11. The summed E-state index contributed by atoms with van der Waals surface area (Å²) in [6.45, 7) is 0. The molecule has 0 saturated carbocycles. The van der Waals surface area contributed by atoms with Gasteiger partial charge in [0.1, 0.15) is 22.5 Å². The van der Waals surface area contributed by atoms with Crippen LogP contribution in [-0.2, 0) is 7.05 Å². The van der Waals surface area contributed by atoms with Crippen LogP contribution in [-0.4, -0.2) is 15.5 Å². The molecule has 0 bridgehead atoms. The Morgan fingerprint density at radius 3 is 2.54 bits per heavy atom. The summed E-state index contributed by atoms with van der Waals surface area (Å²) >= 11 is 0. The van der Waals surface area contributed by atoms with Crippen molar-refractivity contribution in [2.75, 3.05) is 0 Å². The van der Waals surface area contributed by atoms with Gasteiger partial charge in [0.05, 0.1) is 5.52 Å². The maximum Gasteiger partial charge on any atom is 0.347 e. The average Bonchev–Trinajstić information content (AvgIpc) is 2.65. The number of aromatic nitrogens is 1. The summed E-state index contributed by atoms with van der Waals surface area (Å²) in [4.78, 5) is 37.8. The minimum Gasteiger partial charge on any atom is -0.506 e. The van der Waals surface area contributed by atoms with Crippen molar-refractivity contribution in [1.82, 2.24) is 4.57 Å². The molecule has 4 aromatic rings. The van der Waals surface area contributed by atoms with Crippen LogP contribution in [0.3, 0.4) is 0 Å². The Balaban J connectivity index is 2.02. The molecular formula is C20H13NO5. The molecule has 2 heterocycles. The number of nitrogens with zero attached hydrogens (tertiary/aromatic N) is 1. The molecule has 0 aliphatic rings. The summed E-state index contributed by atoms with van der Waals surface area (Å²) < 4.78 is 6.43. The molecule has 0 radical (unpaired) electrons. The van der Waals surface area contributed by atoms with Crippen molar-refractivity contribution < 1.29 is 14.3 Å². The van der Waals surface area contributed by atoms with E-state index in [0.717, 1.165) is 0 Å². The molecule has 26 heavy (non-hydrogen) atoms. The predicted octanol–water partition coefficient (Wildman–Crippen LogP) is 2.58. The van der Waals surface area contributed by atoms with Crippen LogP contribution in [0.1, 0.15) is 15.9 Å². The van der Waals surface area contributed by atoms with Crippen molar-refractivity contribution in [3.05, 3.63) is 86.5 Å². The number of aromatic hydroxyl groups is 1. The Hall–Kier alpha value is -3.67. The Bertz CT molecular complexity index is 1310. The number of carbonyl (C=O) groups excluding carboxylic acids is 1. The van der Waals surface area contributed by atoms with Gasteiger partial charge >= 0.3 is 5.63 Å². The van der Waals surface area contributed by atoms with Crippen LogP contribution in [0.2, 0.25) is 0 Å². The topological polar surface area (TPSA) is 89.5 Å². The van der Waals surface area contributed by atoms with E-state index in [4.69, 9.17) is 4.42 Å². The summed E-state index contributed by atoms with van der Waals surface area (Å²) in [6, 6.07) is 14.8. The SMILES string of the molecule is Cn1c(=O)c(C(=O)c2cc3ccccc3oc2=O)c(O)c2ccccc21. The van der Waals surface area contributed by atoms with Crippen molar-refractivity contribution in [3.63, 3.8) is 0 Å². The molecule has 0 spiro atoms. The molecule has 6 nitrogen and oxygen atoms in total. The van der Waals surface area contributed by atoms with Crippen molar-refractivity contribution in [3.8, 4) is 5.75 Å². The third kappa shape index (κ3) is 2.23. The van der Waals surface area contributed by atoms with Crippen LogP contribution in [0.15, 0.2) is 68.6 Å². The molecule has 0 aliphatic heterocycles. The summed E-state index contributed by atoms with van der Waals surface area (Å²) in [7, 11) is 1.50. The van der Waals surface area contributed by atoms with E-state index in [1.54, 1.807) is 48.5 Å². The van der Waals surface area contributed by atoms with E-state index in [-0.39, 0.29) is 5.56 Å². The monoisotopic (exact) mass is 347 g/mol. The molecule has 1 N–H and O–H groups in total. The highest BCUT2D eigenvalue weighted by molar-refractivity contribution is 6.13. The summed E-state index contributed by atoms with van der Waals surface area (Å²) in [6.07, 6.45) is 0. The molecule has 0 aliphatic carbocycles. The molecule has 4 rings (SSSR count). The number of aryl methyl sites for hydroxylation is 1. The maximum atomic E-state index is 12.9. The molecule has 0 amide bonds. The van der Waals surface area contributed by atoms with Crippen LogP contribution < -0.4 is 11.2 Å². The fourth-order valence-corrected chi connectivity index (χ4v) is 3.04. The highest BCUT2D eigenvalue weighted by atomic mass is 16.4. The summed E-state index contributed by atoms with van der Waals surface area (Å²) in [5, 5.41) is 11.4. The zero-order valence-corrected chi connectivity index (χ0v) is 13.7. The second-order valence-corrected chi connectivity index (χ2v) is 5.92. The third-order valence-electron chi connectivity index (χ3n) is 4.39. The lowest BCUT2D eigenvalue weighted by Crippen LogP contribution is -2.27. The van der Waals surface area contributed by atoms with E-state index < -0.39 is 28.3 Å². The van der Waals surface area contributed by atoms with Crippen LogP contribution in [0, 0.1) is 0 Å². The molecule has 6 heteroatoms. The minimum atomic E-state index is -0.867. The fourth-order valence-electron chi connectivity index (χ4n) is 3.04. The van der Waals surface area contributed by atoms with E-state index in [2.05, 4.69) is 0 Å². The van der Waals surface area contributed by atoms with Crippen molar-refractivity contribution >= 4 is 27.7 Å². The summed E-state index contributed by atoms with van der Waals surface area (Å²) in [5.41, 5.74) is -1.47. The normalized spacial score (nSPS) is 11.1. The van der Waals surface area contributed by atoms with Crippen molar-refractivity contribution in [1.29, 1.82) is 0 Å². The van der Waals surface area contributed by atoms with Gasteiger partial charge < -0.3 is 14.1 Å². The fraction of sp³-hybridized carbons (Fsp3) is 0.0500. The quantitative estimate of drug-likeness (QED) is 0.445. The lowest BCUT2D eigenvalue weighted by atomic mass is 10.0. The highest BCUT2D eigenvalue weighted by Crippen LogP contribution is 2.27. The smallest absolute Gasteiger partial charge is 0.347 e. The van der Waals surface area contributed by atoms with E-state index in [0.29, 0.717) is 21.9 Å². The molecule has 0 saturated heterocycles. The van der Waals surface area contributed by atoms with Gasteiger partial charge in [-0.05, 0) is 24.3 Å². The first-order chi connectivity index (χ1) is 12.5. The Morgan fingerprint density at radius 1 is 1.04 bits per heavy atom. The lowest BCUT2D eigenvalue weighted by molar-refractivity contribution is 0.103. The first kappa shape index (κ1) is 15.8. The molecule has 0 fully saturated rings. The minimum absolute atomic E-state index is 0.300. The van der Waals surface area contributed by atoms with Crippen molar-refractivity contribution in [2.24, 2.45) is 7.05 Å². The van der Waals surface area contributed by atoms with Crippen LogP contribution in [0.25, 0.3) is 21.9 Å².